The third-order valence-electron chi connectivity index (χ3n) is 4.12. The number of piperidine rings is 1. The predicted molar refractivity (Wildman–Crippen MR) is 106 cm³/mol. The maximum absolute atomic E-state index is 14.1. The number of hydrogen-bond acceptors (Lipinski definition) is 5. The largest absolute Gasteiger partial charge is 0.367 e. The van der Waals surface area contributed by atoms with Crippen molar-refractivity contribution < 1.29 is 9.91 Å². The number of halogens is 3. The molecule has 1 atom stereocenters. The molecule has 2 aromatic heterocycles. The van der Waals surface area contributed by atoms with Crippen LogP contribution in [0.4, 0.5) is 10.2 Å². The summed E-state index contributed by atoms with van der Waals surface area (Å²) in [4.78, 5) is 10.5. The zero-order chi connectivity index (χ0) is 21.6. The molecule has 136 valence electrons. The Kier molecular flexibility index (Phi) is 4.02. The lowest BCUT2D eigenvalue weighted by atomic mass is 10.0. The van der Waals surface area contributed by atoms with Crippen molar-refractivity contribution in [1.29, 1.82) is 0 Å². The highest BCUT2D eigenvalue weighted by atomic mass is 35.5. The molecule has 0 saturated carbocycles. The summed E-state index contributed by atoms with van der Waals surface area (Å²) in [6.45, 7) is -0.301. The van der Waals surface area contributed by atoms with Gasteiger partial charge in [-0.3, -0.25) is 4.90 Å². The SMILES string of the molecule is [2H]c1c(Cl)sc2ncnc(N([2H])C3([2H])CCN(C([2H])c4cc(Cl)ccc4F)CC3)c12. The van der Waals surface area contributed by atoms with Crippen molar-refractivity contribution in [2.75, 3.05) is 18.4 Å². The van der Waals surface area contributed by atoms with Crippen LogP contribution in [0.2, 0.25) is 10.8 Å². The van der Waals surface area contributed by atoms with Crippen LogP contribution in [0.1, 0.15) is 22.5 Å². The van der Waals surface area contributed by atoms with E-state index in [0.29, 0.717) is 28.3 Å². The zero-order valence-electron chi connectivity index (χ0n) is 17.5. The van der Waals surface area contributed by atoms with Crippen molar-refractivity contribution >= 4 is 50.6 Å². The summed E-state index contributed by atoms with van der Waals surface area (Å²) in [5.41, 5.74) is 0.187. The molecule has 4 nitrogen and oxygen atoms in total. The molecular formula is C18H17Cl2FN4S. The highest BCUT2D eigenvalue weighted by molar-refractivity contribution is 7.22. The molecule has 1 fully saturated rings. The Hall–Kier alpha value is -1.47. The quantitative estimate of drug-likeness (QED) is 0.635. The van der Waals surface area contributed by atoms with E-state index in [9.17, 15) is 4.39 Å². The molecule has 0 spiro atoms. The van der Waals surface area contributed by atoms with E-state index in [-0.39, 0.29) is 34.6 Å². The summed E-state index contributed by atoms with van der Waals surface area (Å²) in [5.74, 6) is -0.329. The van der Waals surface area contributed by atoms with Crippen LogP contribution in [-0.2, 0) is 6.52 Å². The van der Waals surface area contributed by atoms with Gasteiger partial charge in [0.15, 0.2) is 1.41 Å². The van der Waals surface area contributed by atoms with Gasteiger partial charge < -0.3 is 5.31 Å². The average Bonchev–Trinajstić information content (AvgIpc) is 3.03. The van der Waals surface area contributed by atoms with Crippen molar-refractivity contribution in [3.05, 3.63) is 51.3 Å². The van der Waals surface area contributed by atoms with Crippen LogP contribution in [-0.4, -0.2) is 34.0 Å². The molecule has 0 radical (unpaired) electrons. The van der Waals surface area contributed by atoms with Crippen LogP contribution in [0.5, 0.6) is 0 Å². The van der Waals surface area contributed by atoms with Crippen LogP contribution in [0.25, 0.3) is 10.2 Å². The first-order chi connectivity index (χ1) is 14.2. The van der Waals surface area contributed by atoms with Gasteiger partial charge in [-0.05, 0) is 37.1 Å². The number of nitrogens with zero attached hydrogens (tertiary/aromatic N) is 3. The van der Waals surface area contributed by atoms with Crippen molar-refractivity contribution in [3.63, 3.8) is 0 Å². The molecule has 3 heterocycles. The first-order valence-electron chi connectivity index (χ1n) is 10.0. The van der Waals surface area contributed by atoms with E-state index in [1.807, 2.05) is 0 Å². The van der Waals surface area contributed by atoms with Crippen LogP contribution in [0.15, 0.2) is 30.6 Å². The summed E-state index contributed by atoms with van der Waals surface area (Å²) >= 11 is 13.1. The van der Waals surface area contributed by atoms with Crippen LogP contribution in [0.3, 0.4) is 0 Å². The highest BCUT2D eigenvalue weighted by Gasteiger charge is 2.21. The molecule has 1 aromatic carbocycles. The van der Waals surface area contributed by atoms with Gasteiger partial charge in [0.2, 0.25) is 0 Å². The summed E-state index contributed by atoms with van der Waals surface area (Å²) in [7, 11) is 0. The fourth-order valence-corrected chi connectivity index (χ4v) is 3.99. The maximum Gasteiger partial charge on any atom is 0.162 e. The lowest BCUT2D eigenvalue weighted by Crippen LogP contribution is -2.39. The van der Waals surface area contributed by atoms with Gasteiger partial charge in [-0.15, -0.1) is 11.3 Å². The number of nitrogens with one attached hydrogen (secondary N) is 1. The molecular weight excluding hydrogens is 394 g/mol. The van der Waals surface area contributed by atoms with Gasteiger partial charge in [-0.2, -0.15) is 0 Å². The van der Waals surface area contributed by atoms with Gasteiger partial charge in [-0.25, -0.2) is 14.4 Å². The average molecular weight is 415 g/mol. The Morgan fingerprint density at radius 1 is 1.42 bits per heavy atom. The number of aromatic nitrogens is 2. The molecule has 3 aromatic rings. The van der Waals surface area contributed by atoms with E-state index in [0.717, 1.165) is 16.6 Å². The summed E-state index contributed by atoms with van der Waals surface area (Å²) in [6, 6.07) is 2.87. The zero-order valence-corrected chi connectivity index (χ0v) is 15.9. The second-order valence-corrected chi connectivity index (χ2v) is 7.92. The molecule has 0 amide bonds. The fraction of sp³-hybridized carbons (Fsp3) is 0.333. The summed E-state index contributed by atoms with van der Waals surface area (Å²) < 4.78 is 48.4. The lowest BCUT2D eigenvalue weighted by molar-refractivity contribution is 0.209. The second kappa shape index (κ2) is 7.64. The minimum Gasteiger partial charge on any atom is -0.367 e. The van der Waals surface area contributed by atoms with Gasteiger partial charge in [-0.1, -0.05) is 23.2 Å². The number of fused-ring (bicyclic) bond motifs is 1. The minimum atomic E-state index is -1.31. The minimum absolute atomic E-state index is 0.0493. The molecule has 1 unspecified atom stereocenters. The normalized spacial score (nSPS) is 20.9. The molecule has 8 heteroatoms. The molecule has 0 aliphatic carbocycles. The Bertz CT molecular complexity index is 1090. The van der Waals surface area contributed by atoms with Crippen molar-refractivity contribution in [1.82, 2.24) is 14.9 Å². The molecule has 1 aliphatic rings. The molecule has 0 bridgehead atoms. The van der Waals surface area contributed by atoms with Gasteiger partial charge in [0.25, 0.3) is 0 Å². The Morgan fingerprint density at radius 3 is 3.04 bits per heavy atom. The molecule has 1 N–H and O–H groups in total. The molecule has 1 aliphatic heterocycles. The van der Waals surface area contributed by atoms with E-state index >= 15 is 0 Å². The molecule has 26 heavy (non-hydrogen) atoms. The first-order valence-corrected chi connectivity index (χ1v) is 9.58. The van der Waals surface area contributed by atoms with Crippen molar-refractivity contribution in [2.45, 2.75) is 25.4 Å². The van der Waals surface area contributed by atoms with Crippen molar-refractivity contribution in [3.8, 4) is 0 Å². The van der Waals surface area contributed by atoms with E-state index in [4.69, 9.17) is 28.7 Å². The fourth-order valence-electron chi connectivity index (χ4n) is 2.82. The topological polar surface area (TPSA) is 41.1 Å². The number of thiophene rings is 1. The van der Waals surface area contributed by atoms with Gasteiger partial charge in [0, 0.05) is 37.6 Å². The highest BCUT2D eigenvalue weighted by Crippen LogP contribution is 2.32. The number of benzene rings is 1. The number of anilines is 1. The van der Waals surface area contributed by atoms with Crippen LogP contribution in [0, 0.1) is 5.82 Å². The van der Waals surface area contributed by atoms with Gasteiger partial charge in [0.05, 0.1) is 12.5 Å². The smallest absolute Gasteiger partial charge is 0.162 e. The van der Waals surface area contributed by atoms with E-state index in [1.54, 1.807) is 4.90 Å². The predicted octanol–water partition coefficient (Wildman–Crippen LogP) is 5.21. The first kappa shape index (κ1) is 13.7. The lowest BCUT2D eigenvalue weighted by Gasteiger charge is -2.32. The van der Waals surface area contributed by atoms with E-state index in [2.05, 4.69) is 9.97 Å². The molecule has 4 rings (SSSR count). The second-order valence-electron chi connectivity index (χ2n) is 5.89. The Labute approximate surface area is 170 Å². The van der Waals surface area contributed by atoms with Crippen LogP contribution < -0.4 is 5.31 Å². The summed E-state index contributed by atoms with van der Waals surface area (Å²) in [5, 5.41) is 1.73. The van der Waals surface area contributed by atoms with E-state index < -0.39 is 18.4 Å². The third kappa shape index (κ3) is 3.93. The van der Waals surface area contributed by atoms with Crippen molar-refractivity contribution in [2.24, 2.45) is 0 Å². The standard InChI is InChI=1S/C18H17Cl2FN4S/c19-12-1-2-15(21)11(7-12)9-25-5-3-13(4-6-25)24-17-14-8-16(20)26-18(14)23-10-22-17/h1-2,7-8,10,13H,3-6,9H2,(H,22,23,24)/i8D,9D,13D/hD. The molecule has 1 saturated heterocycles. The third-order valence-corrected chi connectivity index (χ3v) is 5.47. The Morgan fingerprint density at radius 2 is 2.23 bits per heavy atom. The van der Waals surface area contributed by atoms with Gasteiger partial charge in [0.1, 0.15) is 22.8 Å². The maximum atomic E-state index is 14.1. The van der Waals surface area contributed by atoms with E-state index in [1.165, 1.54) is 24.5 Å². The van der Waals surface area contributed by atoms with Crippen LogP contribution >= 0.6 is 34.5 Å². The number of hydrogen-bond donors (Lipinski definition) is 1. The number of likely N-dealkylation sites (tertiary alicyclic amines) is 1. The monoisotopic (exact) mass is 414 g/mol. The van der Waals surface area contributed by atoms with Gasteiger partial charge >= 0.3 is 0 Å². The Balaban J connectivity index is 1.55. The number of rotatable bonds is 4. The summed E-state index contributed by atoms with van der Waals surface area (Å²) in [6.07, 6.45) is 1.78.